The van der Waals surface area contributed by atoms with Crippen molar-refractivity contribution >= 4 is 11.9 Å². The van der Waals surface area contributed by atoms with E-state index in [9.17, 15) is 9.59 Å². The van der Waals surface area contributed by atoms with Crippen LogP contribution in [0.25, 0.3) is 0 Å². The van der Waals surface area contributed by atoms with Gasteiger partial charge >= 0.3 is 5.97 Å². The molecular formula is C13H22N2O3. The van der Waals surface area contributed by atoms with Crippen molar-refractivity contribution in [2.24, 2.45) is 0 Å². The number of piperazine rings is 1. The maximum atomic E-state index is 12.3. The molecule has 2 N–H and O–H groups in total. The van der Waals surface area contributed by atoms with E-state index in [0.29, 0.717) is 12.5 Å². The Bertz CT molecular complexity index is 313. The molecule has 1 saturated heterocycles. The quantitative estimate of drug-likeness (QED) is 0.785. The molecule has 0 aromatic rings. The molecular weight excluding hydrogens is 232 g/mol. The molecule has 5 nitrogen and oxygen atoms in total. The molecule has 1 unspecified atom stereocenters. The van der Waals surface area contributed by atoms with Gasteiger partial charge in [0.15, 0.2) is 0 Å². The van der Waals surface area contributed by atoms with Crippen LogP contribution in [0.5, 0.6) is 0 Å². The first kappa shape index (κ1) is 13.3. The van der Waals surface area contributed by atoms with Gasteiger partial charge in [0.25, 0.3) is 0 Å². The van der Waals surface area contributed by atoms with Gasteiger partial charge in [0.1, 0.15) is 0 Å². The first-order valence-corrected chi connectivity index (χ1v) is 6.94. The molecule has 1 atom stereocenters. The van der Waals surface area contributed by atoms with Crippen molar-refractivity contribution in [3.8, 4) is 0 Å². The summed E-state index contributed by atoms with van der Waals surface area (Å²) in [7, 11) is 0. The highest BCUT2D eigenvalue weighted by molar-refractivity contribution is 5.83. The molecule has 18 heavy (non-hydrogen) atoms. The van der Waals surface area contributed by atoms with Crippen LogP contribution in [0.4, 0.5) is 0 Å². The normalized spacial score (nSPS) is 26.3. The minimum absolute atomic E-state index is 0.0575. The van der Waals surface area contributed by atoms with Gasteiger partial charge in [-0.15, -0.1) is 0 Å². The van der Waals surface area contributed by atoms with E-state index in [1.54, 1.807) is 0 Å². The van der Waals surface area contributed by atoms with E-state index in [2.05, 4.69) is 5.32 Å². The van der Waals surface area contributed by atoms with Crippen molar-refractivity contribution in [3.63, 3.8) is 0 Å². The van der Waals surface area contributed by atoms with E-state index in [-0.39, 0.29) is 18.4 Å². The van der Waals surface area contributed by atoms with Crippen LogP contribution in [0, 0.1) is 0 Å². The van der Waals surface area contributed by atoms with Gasteiger partial charge in [0.2, 0.25) is 5.91 Å². The van der Waals surface area contributed by atoms with E-state index in [4.69, 9.17) is 5.11 Å². The number of hydrogen-bond acceptors (Lipinski definition) is 3. The number of carboxylic acid groups (broad SMARTS) is 1. The molecule has 0 bridgehead atoms. The Kier molecular flexibility index (Phi) is 4.58. The summed E-state index contributed by atoms with van der Waals surface area (Å²) in [5.74, 6) is -0.728. The number of amides is 1. The molecule has 1 aliphatic heterocycles. The third-order valence-electron chi connectivity index (χ3n) is 3.99. The van der Waals surface area contributed by atoms with Gasteiger partial charge in [0.05, 0.1) is 6.04 Å². The van der Waals surface area contributed by atoms with E-state index in [0.717, 1.165) is 25.9 Å². The average molecular weight is 254 g/mol. The van der Waals surface area contributed by atoms with Crippen LogP contribution in [-0.2, 0) is 9.59 Å². The van der Waals surface area contributed by atoms with E-state index < -0.39 is 5.97 Å². The number of hydrogen-bond donors (Lipinski definition) is 2. The van der Waals surface area contributed by atoms with E-state index >= 15 is 0 Å². The van der Waals surface area contributed by atoms with Gasteiger partial charge in [0, 0.05) is 25.6 Å². The highest BCUT2D eigenvalue weighted by atomic mass is 16.4. The van der Waals surface area contributed by atoms with Gasteiger partial charge in [-0.2, -0.15) is 0 Å². The van der Waals surface area contributed by atoms with Crippen LogP contribution in [0.1, 0.15) is 44.9 Å². The molecule has 0 aromatic carbocycles. The van der Waals surface area contributed by atoms with Gasteiger partial charge in [-0.3, -0.25) is 9.59 Å². The fraction of sp³-hybridized carbons (Fsp3) is 0.846. The zero-order valence-electron chi connectivity index (χ0n) is 10.7. The second-order valence-electron chi connectivity index (χ2n) is 5.26. The zero-order chi connectivity index (χ0) is 13.0. The minimum atomic E-state index is -0.834. The summed E-state index contributed by atoms with van der Waals surface area (Å²) in [6.07, 6.45) is 6.37. The highest BCUT2D eigenvalue weighted by Gasteiger charge is 2.33. The Labute approximate surface area is 108 Å². The molecule has 1 saturated carbocycles. The summed E-state index contributed by atoms with van der Waals surface area (Å²) in [6, 6.07) is 0.0949. The standard InChI is InChI=1S/C13H22N2O3/c16-12(17)7-6-11-13(18)15(9-8-14-11)10-4-2-1-3-5-10/h10-11,14H,1-9H2,(H,16,17). The van der Waals surface area contributed by atoms with Crippen molar-refractivity contribution in [3.05, 3.63) is 0 Å². The zero-order valence-corrected chi connectivity index (χ0v) is 10.7. The van der Waals surface area contributed by atoms with Gasteiger partial charge < -0.3 is 15.3 Å². The molecule has 0 aromatic heterocycles. The third kappa shape index (κ3) is 3.22. The summed E-state index contributed by atoms with van der Waals surface area (Å²) in [5.41, 5.74) is 0. The Morgan fingerprint density at radius 3 is 2.72 bits per heavy atom. The Balaban J connectivity index is 1.91. The maximum absolute atomic E-state index is 12.3. The second kappa shape index (κ2) is 6.18. The largest absolute Gasteiger partial charge is 0.481 e. The molecule has 102 valence electrons. The summed E-state index contributed by atoms with van der Waals surface area (Å²) in [5, 5.41) is 11.8. The van der Waals surface area contributed by atoms with Crippen molar-refractivity contribution in [2.45, 2.75) is 57.0 Å². The van der Waals surface area contributed by atoms with Gasteiger partial charge in [-0.1, -0.05) is 19.3 Å². The predicted octanol–water partition coefficient (Wildman–Crippen LogP) is 0.984. The van der Waals surface area contributed by atoms with Crippen LogP contribution < -0.4 is 5.32 Å². The Morgan fingerprint density at radius 2 is 2.06 bits per heavy atom. The van der Waals surface area contributed by atoms with Gasteiger partial charge in [-0.05, 0) is 19.3 Å². The van der Waals surface area contributed by atoms with Crippen LogP contribution in [-0.4, -0.2) is 47.1 Å². The number of carboxylic acids is 1. The van der Waals surface area contributed by atoms with Crippen molar-refractivity contribution in [1.82, 2.24) is 10.2 Å². The number of carbonyl (C=O) groups excluding carboxylic acids is 1. The van der Waals surface area contributed by atoms with Crippen molar-refractivity contribution in [1.29, 1.82) is 0 Å². The summed E-state index contributed by atoms with van der Waals surface area (Å²) in [4.78, 5) is 24.9. The molecule has 1 aliphatic carbocycles. The molecule has 2 aliphatic rings. The number of aliphatic carboxylic acids is 1. The Hall–Kier alpha value is -1.10. The molecule has 2 rings (SSSR count). The van der Waals surface area contributed by atoms with Gasteiger partial charge in [-0.25, -0.2) is 0 Å². The smallest absolute Gasteiger partial charge is 0.303 e. The van der Waals surface area contributed by atoms with Crippen LogP contribution in [0.15, 0.2) is 0 Å². The molecule has 0 spiro atoms. The summed E-state index contributed by atoms with van der Waals surface area (Å²) >= 11 is 0. The number of nitrogens with one attached hydrogen (secondary N) is 1. The Morgan fingerprint density at radius 1 is 1.33 bits per heavy atom. The van der Waals surface area contributed by atoms with Crippen molar-refractivity contribution in [2.75, 3.05) is 13.1 Å². The summed E-state index contributed by atoms with van der Waals surface area (Å²) < 4.78 is 0. The maximum Gasteiger partial charge on any atom is 0.303 e. The first-order chi connectivity index (χ1) is 8.68. The molecule has 1 amide bonds. The number of carbonyl (C=O) groups is 2. The van der Waals surface area contributed by atoms with E-state index in [1.165, 1.54) is 19.3 Å². The fourth-order valence-electron chi connectivity index (χ4n) is 3.01. The van der Waals surface area contributed by atoms with Crippen LogP contribution >= 0.6 is 0 Å². The highest BCUT2D eigenvalue weighted by Crippen LogP contribution is 2.24. The fourth-order valence-corrected chi connectivity index (χ4v) is 3.01. The average Bonchev–Trinajstić information content (AvgIpc) is 2.38. The molecule has 2 fully saturated rings. The lowest BCUT2D eigenvalue weighted by Gasteiger charge is -2.40. The monoisotopic (exact) mass is 254 g/mol. The predicted molar refractivity (Wildman–Crippen MR) is 67.2 cm³/mol. The molecule has 0 radical (unpaired) electrons. The first-order valence-electron chi connectivity index (χ1n) is 6.94. The van der Waals surface area contributed by atoms with Crippen LogP contribution in [0.3, 0.4) is 0 Å². The lowest BCUT2D eigenvalue weighted by atomic mass is 9.93. The molecule has 5 heteroatoms. The lowest BCUT2D eigenvalue weighted by molar-refractivity contribution is -0.140. The van der Waals surface area contributed by atoms with E-state index in [1.807, 2.05) is 4.90 Å². The number of nitrogens with zero attached hydrogens (tertiary/aromatic N) is 1. The third-order valence-corrected chi connectivity index (χ3v) is 3.99. The second-order valence-corrected chi connectivity index (χ2v) is 5.26. The molecule has 1 heterocycles. The minimum Gasteiger partial charge on any atom is -0.481 e. The lowest BCUT2D eigenvalue weighted by Crippen LogP contribution is -2.58. The van der Waals surface area contributed by atoms with Crippen LogP contribution in [0.2, 0.25) is 0 Å². The summed E-state index contributed by atoms with van der Waals surface area (Å²) in [6.45, 7) is 1.56. The van der Waals surface area contributed by atoms with Crippen molar-refractivity contribution < 1.29 is 14.7 Å². The topological polar surface area (TPSA) is 69.6 Å². The SMILES string of the molecule is O=C(O)CCC1NCCN(C2CCCCC2)C1=O. The number of rotatable bonds is 4.